The van der Waals surface area contributed by atoms with Gasteiger partial charge in [0.25, 0.3) is 0 Å². The van der Waals surface area contributed by atoms with Crippen LogP contribution in [0.5, 0.6) is 5.75 Å². The number of hydrogen-bond acceptors (Lipinski definition) is 3. The van der Waals surface area contributed by atoms with E-state index in [-0.39, 0.29) is 18.3 Å². The molecule has 0 bridgehead atoms. The van der Waals surface area contributed by atoms with Gasteiger partial charge in [0.05, 0.1) is 12.6 Å². The van der Waals surface area contributed by atoms with Crippen LogP contribution in [0.2, 0.25) is 0 Å². The molecule has 2 rings (SSSR count). The fourth-order valence-corrected chi connectivity index (χ4v) is 2.22. The zero-order valence-electron chi connectivity index (χ0n) is 13.4. The molecule has 0 aromatic heterocycles. The maximum atomic E-state index is 12.2. The summed E-state index contributed by atoms with van der Waals surface area (Å²) >= 11 is 0. The van der Waals surface area contributed by atoms with E-state index in [9.17, 15) is 4.79 Å². The van der Waals surface area contributed by atoms with Crippen LogP contribution in [-0.4, -0.2) is 18.6 Å². The van der Waals surface area contributed by atoms with E-state index < -0.39 is 6.04 Å². The number of benzene rings is 2. The van der Waals surface area contributed by atoms with Crippen molar-refractivity contribution >= 4 is 24.0 Å². The number of carbonyl (C=O) groups excluding carboxylic acids is 1. The minimum absolute atomic E-state index is 0. The Hall–Kier alpha value is -2.04. The van der Waals surface area contributed by atoms with Gasteiger partial charge in [-0.15, -0.1) is 12.4 Å². The molecule has 0 aliphatic heterocycles. The summed E-state index contributed by atoms with van der Waals surface area (Å²) < 4.78 is 5.44. The van der Waals surface area contributed by atoms with E-state index in [4.69, 9.17) is 10.5 Å². The van der Waals surface area contributed by atoms with E-state index >= 15 is 0 Å². The number of nitrogens with one attached hydrogen (secondary N) is 1. The largest absolute Gasteiger partial charge is 0.494 e. The fraction of sp³-hybridized carbons (Fsp3) is 0.278. The normalized spacial score (nSPS) is 11.3. The van der Waals surface area contributed by atoms with E-state index in [0.29, 0.717) is 13.0 Å². The van der Waals surface area contributed by atoms with Crippen LogP contribution in [0.4, 0.5) is 5.69 Å². The SMILES string of the molecule is CCOc1ccc(NC(=O)[C@@H](N)Cc2ccccc2)c(C)c1.Cl. The van der Waals surface area contributed by atoms with Gasteiger partial charge < -0.3 is 15.8 Å². The van der Waals surface area contributed by atoms with Gasteiger partial charge in [0.2, 0.25) is 5.91 Å². The first-order chi connectivity index (χ1) is 10.6. The first-order valence-corrected chi connectivity index (χ1v) is 7.44. The van der Waals surface area contributed by atoms with Crippen LogP contribution in [0.1, 0.15) is 18.1 Å². The average Bonchev–Trinajstić information content (AvgIpc) is 2.51. The molecule has 0 heterocycles. The van der Waals surface area contributed by atoms with Crippen molar-refractivity contribution in [2.24, 2.45) is 5.73 Å². The van der Waals surface area contributed by atoms with Gasteiger partial charge in [-0.2, -0.15) is 0 Å². The number of aryl methyl sites for hydroxylation is 1. The van der Waals surface area contributed by atoms with Crippen molar-refractivity contribution < 1.29 is 9.53 Å². The molecule has 0 radical (unpaired) electrons. The van der Waals surface area contributed by atoms with Crippen LogP contribution >= 0.6 is 12.4 Å². The molecule has 2 aromatic rings. The van der Waals surface area contributed by atoms with Crippen molar-refractivity contribution in [2.75, 3.05) is 11.9 Å². The number of amides is 1. The number of ether oxygens (including phenoxy) is 1. The van der Waals surface area contributed by atoms with E-state index in [2.05, 4.69) is 5.32 Å². The lowest BCUT2D eigenvalue weighted by Gasteiger charge is -2.14. The highest BCUT2D eigenvalue weighted by Gasteiger charge is 2.15. The van der Waals surface area contributed by atoms with E-state index in [1.807, 2.05) is 62.4 Å². The molecule has 0 aliphatic rings. The first-order valence-electron chi connectivity index (χ1n) is 7.44. The molecule has 4 nitrogen and oxygen atoms in total. The molecule has 3 N–H and O–H groups in total. The minimum Gasteiger partial charge on any atom is -0.494 e. The number of carbonyl (C=O) groups is 1. The summed E-state index contributed by atoms with van der Waals surface area (Å²) in [6, 6.07) is 14.8. The third kappa shape index (κ3) is 5.58. The summed E-state index contributed by atoms with van der Waals surface area (Å²) in [6.07, 6.45) is 0.517. The molecular formula is C18H23ClN2O2. The molecule has 23 heavy (non-hydrogen) atoms. The Bertz CT molecular complexity index is 632. The van der Waals surface area contributed by atoms with Gasteiger partial charge in [-0.1, -0.05) is 30.3 Å². The summed E-state index contributed by atoms with van der Waals surface area (Å²) in [5.41, 5.74) is 8.75. The van der Waals surface area contributed by atoms with Crippen molar-refractivity contribution in [1.82, 2.24) is 0 Å². The van der Waals surface area contributed by atoms with Crippen LogP contribution in [0, 0.1) is 6.92 Å². The smallest absolute Gasteiger partial charge is 0.241 e. The molecular weight excluding hydrogens is 312 g/mol. The molecule has 124 valence electrons. The Morgan fingerprint density at radius 3 is 2.52 bits per heavy atom. The molecule has 2 aromatic carbocycles. The van der Waals surface area contributed by atoms with Gasteiger partial charge in [-0.05, 0) is 49.6 Å². The van der Waals surface area contributed by atoms with Crippen LogP contribution in [0.25, 0.3) is 0 Å². The minimum atomic E-state index is -0.576. The molecule has 0 fully saturated rings. The summed E-state index contributed by atoms with van der Waals surface area (Å²) in [6.45, 7) is 4.49. The molecule has 5 heteroatoms. The van der Waals surface area contributed by atoms with Crippen LogP contribution in [0.3, 0.4) is 0 Å². The Balaban J connectivity index is 0.00000264. The lowest BCUT2D eigenvalue weighted by Crippen LogP contribution is -2.37. The van der Waals surface area contributed by atoms with Crippen molar-refractivity contribution in [3.8, 4) is 5.75 Å². The Morgan fingerprint density at radius 2 is 1.91 bits per heavy atom. The average molecular weight is 335 g/mol. The third-order valence-corrected chi connectivity index (χ3v) is 3.40. The summed E-state index contributed by atoms with van der Waals surface area (Å²) in [5, 5.41) is 2.88. The third-order valence-electron chi connectivity index (χ3n) is 3.40. The van der Waals surface area contributed by atoms with E-state index in [1.165, 1.54) is 0 Å². The lowest BCUT2D eigenvalue weighted by atomic mass is 10.1. The molecule has 1 atom stereocenters. The van der Waals surface area contributed by atoms with Crippen LogP contribution in [-0.2, 0) is 11.2 Å². The summed E-state index contributed by atoms with van der Waals surface area (Å²) in [7, 11) is 0. The van der Waals surface area contributed by atoms with E-state index in [1.54, 1.807) is 0 Å². The Kier molecular flexibility index (Phi) is 7.59. The van der Waals surface area contributed by atoms with Crippen molar-refractivity contribution in [3.05, 3.63) is 59.7 Å². The molecule has 0 saturated carbocycles. The second-order valence-corrected chi connectivity index (χ2v) is 5.20. The van der Waals surface area contributed by atoms with Crippen LogP contribution < -0.4 is 15.8 Å². The zero-order valence-corrected chi connectivity index (χ0v) is 14.2. The van der Waals surface area contributed by atoms with Crippen molar-refractivity contribution in [2.45, 2.75) is 26.3 Å². The van der Waals surface area contributed by atoms with Gasteiger partial charge in [-0.25, -0.2) is 0 Å². The number of rotatable bonds is 6. The predicted octanol–water partition coefficient (Wildman–Crippen LogP) is 3.32. The fourth-order valence-electron chi connectivity index (χ4n) is 2.22. The molecule has 0 aliphatic carbocycles. The van der Waals surface area contributed by atoms with Gasteiger partial charge in [0.15, 0.2) is 0 Å². The maximum Gasteiger partial charge on any atom is 0.241 e. The number of hydrogen-bond donors (Lipinski definition) is 2. The van der Waals surface area contributed by atoms with Crippen LogP contribution in [0.15, 0.2) is 48.5 Å². The highest BCUT2D eigenvalue weighted by atomic mass is 35.5. The number of halogens is 1. The van der Waals surface area contributed by atoms with Crippen molar-refractivity contribution in [3.63, 3.8) is 0 Å². The molecule has 1 amide bonds. The Labute approximate surface area is 143 Å². The molecule has 0 spiro atoms. The predicted molar refractivity (Wildman–Crippen MR) is 96.3 cm³/mol. The number of nitrogens with two attached hydrogens (primary N) is 1. The Morgan fingerprint density at radius 1 is 1.22 bits per heavy atom. The standard InChI is InChI=1S/C18H22N2O2.ClH/c1-3-22-15-9-10-17(13(2)11-15)20-18(21)16(19)12-14-7-5-4-6-8-14;/h4-11,16H,3,12,19H2,1-2H3,(H,20,21);1H/t16-;/m0./s1. The van der Waals surface area contributed by atoms with Gasteiger partial charge in [-0.3, -0.25) is 4.79 Å². The first kappa shape index (κ1) is 19.0. The van der Waals surface area contributed by atoms with Gasteiger partial charge >= 0.3 is 0 Å². The van der Waals surface area contributed by atoms with E-state index in [0.717, 1.165) is 22.6 Å². The second kappa shape index (κ2) is 9.18. The summed E-state index contributed by atoms with van der Waals surface area (Å²) in [4.78, 5) is 12.2. The quantitative estimate of drug-likeness (QED) is 0.851. The highest BCUT2D eigenvalue weighted by Crippen LogP contribution is 2.21. The van der Waals surface area contributed by atoms with Crippen molar-refractivity contribution in [1.29, 1.82) is 0 Å². The number of anilines is 1. The molecule has 0 saturated heterocycles. The maximum absolute atomic E-state index is 12.2. The second-order valence-electron chi connectivity index (χ2n) is 5.20. The summed E-state index contributed by atoms with van der Waals surface area (Å²) in [5.74, 6) is 0.614. The molecule has 0 unspecified atom stereocenters. The van der Waals surface area contributed by atoms with Gasteiger partial charge in [0.1, 0.15) is 5.75 Å². The lowest BCUT2D eigenvalue weighted by molar-refractivity contribution is -0.117. The highest BCUT2D eigenvalue weighted by molar-refractivity contribution is 5.95. The zero-order chi connectivity index (χ0) is 15.9. The van der Waals surface area contributed by atoms with Gasteiger partial charge in [0, 0.05) is 5.69 Å². The topological polar surface area (TPSA) is 64.3 Å². The monoisotopic (exact) mass is 334 g/mol.